The van der Waals surface area contributed by atoms with Crippen molar-refractivity contribution in [3.8, 4) is 0 Å². The summed E-state index contributed by atoms with van der Waals surface area (Å²) in [6.45, 7) is 4.37. The number of nitrogens with zero attached hydrogens (tertiary/aromatic N) is 1. The minimum atomic E-state index is 0.373. The first-order chi connectivity index (χ1) is 7.23. The van der Waals surface area contributed by atoms with Crippen LogP contribution in [0.5, 0.6) is 0 Å². The quantitative estimate of drug-likeness (QED) is 0.754. The van der Waals surface area contributed by atoms with Crippen molar-refractivity contribution >= 4 is 0 Å². The Labute approximate surface area is 94.2 Å². The maximum atomic E-state index is 6.09. The third-order valence-corrected chi connectivity index (χ3v) is 4.90. The lowest BCUT2D eigenvalue weighted by Gasteiger charge is -2.44. The van der Waals surface area contributed by atoms with Crippen molar-refractivity contribution in [2.45, 2.75) is 51.0 Å². The van der Waals surface area contributed by atoms with Crippen LogP contribution in [0.3, 0.4) is 0 Å². The van der Waals surface area contributed by atoms with Crippen LogP contribution in [0.1, 0.15) is 45.4 Å². The molecule has 0 aromatic heterocycles. The van der Waals surface area contributed by atoms with E-state index in [2.05, 4.69) is 18.9 Å². The molecule has 0 heterocycles. The van der Waals surface area contributed by atoms with Gasteiger partial charge in [0.2, 0.25) is 0 Å². The summed E-state index contributed by atoms with van der Waals surface area (Å²) in [6.07, 6.45) is 8.32. The fraction of sp³-hybridized carbons (Fsp3) is 1.00. The number of likely N-dealkylation sites (N-methyl/N-ethyl adjacent to an activating group) is 1. The summed E-state index contributed by atoms with van der Waals surface area (Å²) in [5.74, 6) is 1.89. The van der Waals surface area contributed by atoms with Gasteiger partial charge in [-0.3, -0.25) is 4.90 Å². The van der Waals surface area contributed by atoms with E-state index in [1.807, 2.05) is 0 Å². The van der Waals surface area contributed by atoms with Crippen molar-refractivity contribution in [2.75, 3.05) is 20.1 Å². The van der Waals surface area contributed by atoms with Crippen LogP contribution in [0.4, 0.5) is 0 Å². The van der Waals surface area contributed by atoms with E-state index in [-0.39, 0.29) is 0 Å². The molecule has 2 nitrogen and oxygen atoms in total. The summed E-state index contributed by atoms with van der Waals surface area (Å²) < 4.78 is 0. The minimum Gasteiger partial charge on any atom is -0.329 e. The topological polar surface area (TPSA) is 29.3 Å². The molecule has 2 N–H and O–H groups in total. The monoisotopic (exact) mass is 210 g/mol. The third-order valence-electron chi connectivity index (χ3n) is 4.90. The van der Waals surface area contributed by atoms with E-state index in [4.69, 9.17) is 5.73 Å². The molecule has 2 fully saturated rings. The van der Waals surface area contributed by atoms with Gasteiger partial charge in [-0.05, 0) is 51.1 Å². The molecule has 3 unspecified atom stereocenters. The highest BCUT2D eigenvalue weighted by atomic mass is 15.2. The zero-order valence-electron chi connectivity index (χ0n) is 10.3. The number of nitrogens with two attached hydrogens (primary N) is 1. The van der Waals surface area contributed by atoms with Gasteiger partial charge in [0, 0.05) is 12.1 Å². The molecule has 0 aromatic rings. The van der Waals surface area contributed by atoms with Gasteiger partial charge >= 0.3 is 0 Å². The first kappa shape index (κ1) is 11.4. The Bertz CT molecular complexity index is 217. The van der Waals surface area contributed by atoms with Crippen LogP contribution in [0.25, 0.3) is 0 Å². The molecule has 0 aliphatic heterocycles. The second-order valence-corrected chi connectivity index (χ2v) is 5.66. The molecule has 0 aromatic carbocycles. The normalized spacial score (nSPS) is 39.2. The minimum absolute atomic E-state index is 0.373. The fourth-order valence-corrected chi connectivity index (χ4v) is 3.91. The van der Waals surface area contributed by atoms with E-state index in [9.17, 15) is 0 Å². The Kier molecular flexibility index (Phi) is 3.36. The standard InChI is InChI=1S/C13H26N2/c1-3-4-7-15(2)13(10-14)9-11-5-6-12(13)8-11/h11-12H,3-10,14H2,1-2H3. The summed E-state index contributed by atoms with van der Waals surface area (Å²) in [7, 11) is 2.29. The average Bonchev–Trinajstić information content (AvgIpc) is 2.85. The smallest absolute Gasteiger partial charge is 0.0359 e. The summed E-state index contributed by atoms with van der Waals surface area (Å²) >= 11 is 0. The van der Waals surface area contributed by atoms with Crippen LogP contribution in [0.2, 0.25) is 0 Å². The van der Waals surface area contributed by atoms with Crippen LogP contribution in [0.15, 0.2) is 0 Å². The predicted molar refractivity (Wildman–Crippen MR) is 64.8 cm³/mol. The van der Waals surface area contributed by atoms with Crippen molar-refractivity contribution in [3.63, 3.8) is 0 Å². The van der Waals surface area contributed by atoms with Gasteiger partial charge in [0.25, 0.3) is 0 Å². The molecule has 15 heavy (non-hydrogen) atoms. The molecule has 0 radical (unpaired) electrons. The van der Waals surface area contributed by atoms with E-state index in [1.54, 1.807) is 0 Å². The van der Waals surface area contributed by atoms with Gasteiger partial charge in [0.1, 0.15) is 0 Å². The molecule has 2 aliphatic carbocycles. The molecule has 3 atom stereocenters. The Morgan fingerprint density at radius 2 is 2.20 bits per heavy atom. The van der Waals surface area contributed by atoms with E-state index in [0.29, 0.717) is 5.54 Å². The largest absolute Gasteiger partial charge is 0.329 e. The second kappa shape index (κ2) is 4.42. The molecular formula is C13H26N2. The molecule has 2 heteroatoms. The highest BCUT2D eigenvalue weighted by Crippen LogP contribution is 2.52. The lowest BCUT2D eigenvalue weighted by molar-refractivity contribution is 0.0646. The van der Waals surface area contributed by atoms with Gasteiger partial charge in [-0.25, -0.2) is 0 Å². The number of unbranched alkanes of at least 4 members (excludes halogenated alkanes) is 1. The van der Waals surface area contributed by atoms with E-state index < -0.39 is 0 Å². The second-order valence-electron chi connectivity index (χ2n) is 5.66. The van der Waals surface area contributed by atoms with Gasteiger partial charge in [0.15, 0.2) is 0 Å². The lowest BCUT2D eigenvalue weighted by Crippen LogP contribution is -2.55. The zero-order chi connectivity index (χ0) is 10.9. The predicted octanol–water partition coefficient (Wildman–Crippen LogP) is 2.24. The summed E-state index contributed by atoms with van der Waals surface area (Å²) in [4.78, 5) is 2.58. The summed E-state index contributed by atoms with van der Waals surface area (Å²) in [5.41, 5.74) is 6.46. The summed E-state index contributed by atoms with van der Waals surface area (Å²) in [5, 5.41) is 0. The fourth-order valence-electron chi connectivity index (χ4n) is 3.91. The average molecular weight is 210 g/mol. The molecular weight excluding hydrogens is 184 g/mol. The molecule has 2 aliphatic rings. The van der Waals surface area contributed by atoms with Gasteiger partial charge in [-0.15, -0.1) is 0 Å². The van der Waals surface area contributed by atoms with Crippen molar-refractivity contribution < 1.29 is 0 Å². The Morgan fingerprint density at radius 3 is 2.67 bits per heavy atom. The van der Waals surface area contributed by atoms with Crippen molar-refractivity contribution in [1.29, 1.82) is 0 Å². The van der Waals surface area contributed by atoms with Crippen LogP contribution in [-0.4, -0.2) is 30.6 Å². The highest BCUT2D eigenvalue weighted by molar-refractivity contribution is 5.07. The van der Waals surface area contributed by atoms with Gasteiger partial charge in [-0.2, -0.15) is 0 Å². The Balaban J connectivity index is 2.02. The van der Waals surface area contributed by atoms with Crippen LogP contribution < -0.4 is 5.73 Å². The highest BCUT2D eigenvalue weighted by Gasteiger charge is 2.51. The SMILES string of the molecule is CCCCN(C)C1(CN)CC2CCC1C2. The van der Waals surface area contributed by atoms with E-state index in [1.165, 1.54) is 45.1 Å². The van der Waals surface area contributed by atoms with Gasteiger partial charge < -0.3 is 5.73 Å². The van der Waals surface area contributed by atoms with Gasteiger partial charge in [0.05, 0.1) is 0 Å². The molecule has 0 saturated heterocycles. The maximum Gasteiger partial charge on any atom is 0.0359 e. The van der Waals surface area contributed by atoms with Crippen molar-refractivity contribution in [3.05, 3.63) is 0 Å². The van der Waals surface area contributed by atoms with Crippen LogP contribution in [0, 0.1) is 11.8 Å². The number of rotatable bonds is 5. The molecule has 2 saturated carbocycles. The zero-order valence-corrected chi connectivity index (χ0v) is 10.3. The van der Waals surface area contributed by atoms with Crippen LogP contribution >= 0.6 is 0 Å². The molecule has 2 bridgehead atoms. The lowest BCUT2D eigenvalue weighted by atomic mass is 9.79. The first-order valence-corrected chi connectivity index (χ1v) is 6.64. The molecule has 88 valence electrons. The molecule has 0 amide bonds. The van der Waals surface area contributed by atoms with Crippen molar-refractivity contribution in [1.82, 2.24) is 4.90 Å². The van der Waals surface area contributed by atoms with E-state index >= 15 is 0 Å². The Hall–Kier alpha value is -0.0800. The maximum absolute atomic E-state index is 6.09. The number of hydrogen-bond donors (Lipinski definition) is 1. The molecule has 0 spiro atoms. The van der Waals surface area contributed by atoms with Gasteiger partial charge in [-0.1, -0.05) is 19.8 Å². The van der Waals surface area contributed by atoms with E-state index in [0.717, 1.165) is 18.4 Å². The number of fused-ring (bicyclic) bond motifs is 2. The third kappa shape index (κ3) is 1.83. The van der Waals surface area contributed by atoms with Crippen LogP contribution in [-0.2, 0) is 0 Å². The number of hydrogen-bond acceptors (Lipinski definition) is 2. The van der Waals surface area contributed by atoms with Crippen molar-refractivity contribution in [2.24, 2.45) is 17.6 Å². The Morgan fingerprint density at radius 1 is 1.40 bits per heavy atom. The summed E-state index contributed by atoms with van der Waals surface area (Å²) in [6, 6.07) is 0. The first-order valence-electron chi connectivity index (χ1n) is 6.64. The molecule has 2 rings (SSSR count).